The Hall–Kier alpha value is -1.83. The molecule has 2 aliphatic heterocycles. The summed E-state index contributed by atoms with van der Waals surface area (Å²) in [6.07, 6.45) is 1.43. The Kier molecular flexibility index (Phi) is 4.43. The van der Waals surface area contributed by atoms with Crippen molar-refractivity contribution < 1.29 is 24.6 Å². The number of amides is 3. The SMILES string of the molecule is O=C(O)C(CCO)NC(=O)N1CCCC2C(=O)NCC21. The van der Waals surface area contributed by atoms with E-state index in [0.717, 1.165) is 12.8 Å². The average Bonchev–Trinajstić information content (AvgIpc) is 2.80. The minimum Gasteiger partial charge on any atom is -0.480 e. The second-order valence-corrected chi connectivity index (χ2v) is 5.11. The number of carboxylic acid groups (broad SMARTS) is 1. The topological polar surface area (TPSA) is 119 Å². The molecule has 3 unspecified atom stereocenters. The first-order valence-corrected chi connectivity index (χ1v) is 6.73. The minimum atomic E-state index is -1.18. The lowest BCUT2D eigenvalue weighted by Gasteiger charge is -2.36. The lowest BCUT2D eigenvalue weighted by Crippen LogP contribution is -2.55. The lowest BCUT2D eigenvalue weighted by molar-refractivity contribution is -0.139. The van der Waals surface area contributed by atoms with Crippen molar-refractivity contribution in [3.05, 3.63) is 0 Å². The molecule has 0 saturated carbocycles. The summed E-state index contributed by atoms with van der Waals surface area (Å²) in [7, 11) is 0. The van der Waals surface area contributed by atoms with E-state index >= 15 is 0 Å². The van der Waals surface area contributed by atoms with E-state index in [1.165, 1.54) is 4.90 Å². The molecule has 3 amide bonds. The van der Waals surface area contributed by atoms with E-state index in [0.29, 0.717) is 13.1 Å². The predicted molar refractivity (Wildman–Crippen MR) is 67.9 cm³/mol. The fourth-order valence-electron chi connectivity index (χ4n) is 2.82. The van der Waals surface area contributed by atoms with E-state index in [4.69, 9.17) is 10.2 Å². The van der Waals surface area contributed by atoms with Crippen LogP contribution in [0.2, 0.25) is 0 Å². The molecule has 2 rings (SSSR count). The largest absolute Gasteiger partial charge is 0.480 e. The van der Waals surface area contributed by atoms with Gasteiger partial charge in [0.1, 0.15) is 6.04 Å². The van der Waals surface area contributed by atoms with Crippen LogP contribution in [0, 0.1) is 5.92 Å². The summed E-state index contributed by atoms with van der Waals surface area (Å²) < 4.78 is 0. The summed E-state index contributed by atoms with van der Waals surface area (Å²) in [4.78, 5) is 36.3. The van der Waals surface area contributed by atoms with Crippen molar-refractivity contribution in [3.63, 3.8) is 0 Å². The van der Waals surface area contributed by atoms with Crippen LogP contribution in [-0.2, 0) is 9.59 Å². The van der Waals surface area contributed by atoms with Crippen LogP contribution in [0.4, 0.5) is 4.79 Å². The number of aliphatic hydroxyl groups is 1. The molecule has 0 spiro atoms. The molecule has 4 N–H and O–H groups in total. The maximum absolute atomic E-state index is 12.2. The standard InChI is InChI=1S/C12H19N3O5/c16-5-3-8(11(18)19)14-12(20)15-4-1-2-7-9(15)6-13-10(7)17/h7-9,16H,1-6H2,(H,13,17)(H,14,20)(H,18,19). The van der Waals surface area contributed by atoms with Gasteiger partial charge in [-0.3, -0.25) is 4.79 Å². The second kappa shape index (κ2) is 6.08. The van der Waals surface area contributed by atoms with Crippen LogP contribution in [0.5, 0.6) is 0 Å². The number of carbonyl (C=O) groups is 3. The Morgan fingerprint density at radius 1 is 1.50 bits per heavy atom. The minimum absolute atomic E-state index is 0.0415. The lowest BCUT2D eigenvalue weighted by atomic mass is 9.92. The van der Waals surface area contributed by atoms with Crippen molar-refractivity contribution in [2.24, 2.45) is 5.92 Å². The van der Waals surface area contributed by atoms with E-state index in [2.05, 4.69) is 10.6 Å². The van der Waals surface area contributed by atoms with Crippen molar-refractivity contribution in [1.29, 1.82) is 0 Å². The Morgan fingerprint density at radius 3 is 2.90 bits per heavy atom. The molecule has 2 fully saturated rings. The van der Waals surface area contributed by atoms with Gasteiger partial charge in [0.2, 0.25) is 5.91 Å². The molecule has 8 nitrogen and oxygen atoms in total. The van der Waals surface area contributed by atoms with Crippen LogP contribution in [0.1, 0.15) is 19.3 Å². The molecule has 0 aromatic rings. The summed E-state index contributed by atoms with van der Waals surface area (Å²) in [5.41, 5.74) is 0. The molecule has 3 atom stereocenters. The van der Waals surface area contributed by atoms with Gasteiger partial charge in [0.05, 0.1) is 12.0 Å². The number of carboxylic acids is 1. The van der Waals surface area contributed by atoms with Gasteiger partial charge in [0.15, 0.2) is 0 Å². The number of rotatable bonds is 4. The number of hydrogen-bond acceptors (Lipinski definition) is 4. The maximum atomic E-state index is 12.2. The number of nitrogens with one attached hydrogen (secondary N) is 2. The number of fused-ring (bicyclic) bond motifs is 1. The first-order chi connectivity index (χ1) is 9.54. The molecule has 0 radical (unpaired) electrons. The molecule has 0 aromatic heterocycles. The normalized spacial score (nSPS) is 26.6. The molecular formula is C12H19N3O5. The van der Waals surface area contributed by atoms with Crippen molar-refractivity contribution in [2.75, 3.05) is 19.7 Å². The van der Waals surface area contributed by atoms with E-state index in [-0.39, 0.29) is 30.9 Å². The zero-order valence-electron chi connectivity index (χ0n) is 11.0. The number of aliphatic carboxylic acids is 1. The highest BCUT2D eigenvalue weighted by Crippen LogP contribution is 2.27. The third-order valence-electron chi connectivity index (χ3n) is 3.88. The molecule has 2 saturated heterocycles. The molecule has 8 heteroatoms. The highest BCUT2D eigenvalue weighted by Gasteiger charge is 2.43. The zero-order chi connectivity index (χ0) is 14.7. The average molecular weight is 285 g/mol. The summed E-state index contributed by atoms with van der Waals surface area (Å²) in [6, 6.07) is -1.81. The number of nitrogens with zero attached hydrogens (tertiary/aromatic N) is 1. The van der Waals surface area contributed by atoms with Crippen LogP contribution in [0.25, 0.3) is 0 Å². The van der Waals surface area contributed by atoms with Crippen molar-refractivity contribution in [2.45, 2.75) is 31.3 Å². The van der Waals surface area contributed by atoms with Gasteiger partial charge in [0.25, 0.3) is 0 Å². The van der Waals surface area contributed by atoms with E-state index in [1.807, 2.05) is 0 Å². The first-order valence-electron chi connectivity index (χ1n) is 6.73. The van der Waals surface area contributed by atoms with Gasteiger partial charge in [-0.15, -0.1) is 0 Å². The van der Waals surface area contributed by atoms with Gasteiger partial charge in [-0.05, 0) is 12.8 Å². The third kappa shape index (κ3) is 2.84. The van der Waals surface area contributed by atoms with Crippen molar-refractivity contribution >= 4 is 17.9 Å². The number of hydrogen-bond donors (Lipinski definition) is 4. The van der Waals surface area contributed by atoms with Gasteiger partial charge >= 0.3 is 12.0 Å². The van der Waals surface area contributed by atoms with E-state index in [1.54, 1.807) is 0 Å². The number of piperidine rings is 1. The molecule has 112 valence electrons. The maximum Gasteiger partial charge on any atom is 0.326 e. The molecule has 20 heavy (non-hydrogen) atoms. The summed E-state index contributed by atoms with van der Waals surface area (Å²) in [5.74, 6) is -1.42. The zero-order valence-corrected chi connectivity index (χ0v) is 11.0. The van der Waals surface area contributed by atoms with Gasteiger partial charge in [-0.2, -0.15) is 0 Å². The first kappa shape index (κ1) is 14.6. The summed E-state index contributed by atoms with van der Waals surface area (Å²) >= 11 is 0. The monoisotopic (exact) mass is 285 g/mol. The van der Waals surface area contributed by atoms with Crippen molar-refractivity contribution in [1.82, 2.24) is 15.5 Å². The van der Waals surface area contributed by atoms with Gasteiger partial charge in [-0.1, -0.05) is 0 Å². The van der Waals surface area contributed by atoms with Crippen molar-refractivity contribution in [3.8, 4) is 0 Å². The summed E-state index contributed by atoms with van der Waals surface area (Å²) in [5, 5.41) is 22.9. The van der Waals surface area contributed by atoms with E-state index in [9.17, 15) is 14.4 Å². The number of likely N-dealkylation sites (tertiary alicyclic amines) is 1. The van der Waals surface area contributed by atoms with E-state index < -0.39 is 18.0 Å². The van der Waals surface area contributed by atoms with Gasteiger partial charge in [-0.25, -0.2) is 9.59 Å². The third-order valence-corrected chi connectivity index (χ3v) is 3.88. The van der Waals surface area contributed by atoms with Crippen LogP contribution >= 0.6 is 0 Å². The van der Waals surface area contributed by atoms with Gasteiger partial charge in [0, 0.05) is 26.1 Å². The number of urea groups is 1. The van der Waals surface area contributed by atoms with Gasteiger partial charge < -0.3 is 25.7 Å². The Bertz CT molecular complexity index is 414. The number of carbonyl (C=O) groups excluding carboxylic acids is 2. The fraction of sp³-hybridized carbons (Fsp3) is 0.750. The highest BCUT2D eigenvalue weighted by molar-refractivity contribution is 5.86. The fourth-order valence-corrected chi connectivity index (χ4v) is 2.82. The molecule has 2 heterocycles. The molecule has 0 bridgehead atoms. The van der Waals surface area contributed by atoms with Crippen LogP contribution in [-0.4, -0.2) is 64.8 Å². The van der Waals surface area contributed by atoms with Crippen LogP contribution < -0.4 is 10.6 Å². The summed E-state index contributed by atoms with van der Waals surface area (Å²) in [6.45, 7) is 0.603. The Labute approximate surface area is 116 Å². The quantitative estimate of drug-likeness (QED) is 0.514. The number of aliphatic hydroxyl groups excluding tert-OH is 1. The van der Waals surface area contributed by atoms with Crippen LogP contribution in [0.3, 0.4) is 0 Å². The predicted octanol–water partition coefficient (Wildman–Crippen LogP) is -1.26. The Balaban J connectivity index is 2.01. The molecule has 0 aromatic carbocycles. The Morgan fingerprint density at radius 2 is 2.25 bits per heavy atom. The van der Waals surface area contributed by atoms with Crippen LogP contribution in [0.15, 0.2) is 0 Å². The molecule has 2 aliphatic rings. The molecule has 0 aliphatic carbocycles. The molecular weight excluding hydrogens is 266 g/mol. The smallest absolute Gasteiger partial charge is 0.326 e. The second-order valence-electron chi connectivity index (χ2n) is 5.11. The highest BCUT2D eigenvalue weighted by atomic mass is 16.4.